The first-order valence-electron chi connectivity index (χ1n) is 6.21. The lowest BCUT2D eigenvalue weighted by Crippen LogP contribution is -2.10. The zero-order chi connectivity index (χ0) is 14.4. The topological polar surface area (TPSA) is 71.5 Å². The van der Waals surface area contributed by atoms with Gasteiger partial charge in [0.15, 0.2) is 5.82 Å². The molecule has 0 spiro atoms. The zero-order valence-electron chi connectivity index (χ0n) is 12.7. The number of rotatable bonds is 2. The van der Waals surface area contributed by atoms with Crippen molar-refractivity contribution in [2.75, 3.05) is 0 Å². The van der Waals surface area contributed by atoms with Gasteiger partial charge in [-0.1, -0.05) is 46.8 Å². The molecule has 5 heteroatoms. The summed E-state index contributed by atoms with van der Waals surface area (Å²) in [5.74, 6) is 1.06. The molecule has 0 aliphatic heterocycles. The third-order valence-corrected chi connectivity index (χ3v) is 1.86. The van der Waals surface area contributed by atoms with Gasteiger partial charge in [-0.3, -0.25) is 0 Å². The summed E-state index contributed by atoms with van der Waals surface area (Å²) in [6.07, 6.45) is 1.55. The molecule has 0 saturated heterocycles. The highest BCUT2D eigenvalue weighted by atomic mass is 16.1. The van der Waals surface area contributed by atoms with Crippen LogP contribution in [0.25, 0.3) is 0 Å². The lowest BCUT2D eigenvalue weighted by atomic mass is 9.91. The Morgan fingerprint density at radius 3 is 1.89 bits per heavy atom. The molecule has 1 aromatic rings. The second-order valence-electron chi connectivity index (χ2n) is 7.00. The summed E-state index contributed by atoms with van der Waals surface area (Å²) in [5.41, 5.74) is 0.412. The Balaban J connectivity index is 0.000000331. The number of carbonyl (C=O) groups is 1. The number of nitrogens with zero attached hydrogens (tertiary/aromatic N) is 3. The molecule has 1 aromatic heterocycles. The number of aromatic nitrogens is 4. The molecule has 0 bridgehead atoms. The fourth-order valence-corrected chi connectivity index (χ4v) is 1.48. The summed E-state index contributed by atoms with van der Waals surface area (Å²) in [5, 5.41) is 13.6. The van der Waals surface area contributed by atoms with Gasteiger partial charge in [0, 0.05) is 12.8 Å². The molecule has 0 fully saturated rings. The van der Waals surface area contributed by atoms with Gasteiger partial charge >= 0.3 is 0 Å². The summed E-state index contributed by atoms with van der Waals surface area (Å²) in [4.78, 5) is 10.5. The Labute approximate surface area is 110 Å². The second-order valence-corrected chi connectivity index (χ2v) is 7.00. The monoisotopic (exact) mass is 254 g/mol. The molecule has 5 nitrogen and oxygen atoms in total. The van der Waals surface area contributed by atoms with Gasteiger partial charge in [-0.2, -0.15) is 5.21 Å². The van der Waals surface area contributed by atoms with Crippen LogP contribution in [0.1, 0.15) is 60.7 Å². The molecule has 1 heterocycles. The number of hydrogen-bond acceptors (Lipinski definition) is 4. The molecule has 1 rings (SSSR count). The summed E-state index contributed by atoms with van der Waals surface area (Å²) in [6.45, 7) is 14.2. The van der Waals surface area contributed by atoms with E-state index in [9.17, 15) is 4.79 Å². The van der Waals surface area contributed by atoms with Gasteiger partial charge in [0.05, 0.1) is 0 Å². The predicted octanol–water partition coefficient (Wildman–Crippen LogP) is 2.80. The van der Waals surface area contributed by atoms with Crippen molar-refractivity contribution in [2.24, 2.45) is 10.8 Å². The highest BCUT2D eigenvalue weighted by Crippen LogP contribution is 2.18. The van der Waals surface area contributed by atoms with E-state index in [0.29, 0.717) is 6.42 Å². The number of hydrogen-bond donors (Lipinski definition) is 1. The van der Waals surface area contributed by atoms with E-state index in [0.717, 1.165) is 12.2 Å². The van der Waals surface area contributed by atoms with Crippen molar-refractivity contribution >= 4 is 5.78 Å². The van der Waals surface area contributed by atoms with Gasteiger partial charge in [-0.25, -0.2) is 0 Å². The van der Waals surface area contributed by atoms with Gasteiger partial charge in [0.1, 0.15) is 5.78 Å². The number of carbonyl (C=O) groups excluding carboxylic acids is 1. The quantitative estimate of drug-likeness (QED) is 0.881. The second kappa shape index (κ2) is 6.61. The number of tetrazole rings is 1. The van der Waals surface area contributed by atoms with Crippen molar-refractivity contribution in [1.82, 2.24) is 20.6 Å². The summed E-state index contributed by atoms with van der Waals surface area (Å²) in [7, 11) is 0. The Kier molecular flexibility index (Phi) is 6.15. The molecule has 18 heavy (non-hydrogen) atoms. The van der Waals surface area contributed by atoms with Gasteiger partial charge < -0.3 is 4.79 Å². The van der Waals surface area contributed by atoms with Gasteiger partial charge in [-0.15, -0.1) is 10.2 Å². The minimum absolute atomic E-state index is 0.172. The Bertz CT molecular complexity index is 344. The molecular weight excluding hydrogens is 228 g/mol. The van der Waals surface area contributed by atoms with E-state index in [1.165, 1.54) is 0 Å². The number of nitrogens with one attached hydrogen (secondary N) is 1. The van der Waals surface area contributed by atoms with Crippen LogP contribution >= 0.6 is 0 Å². The Morgan fingerprint density at radius 2 is 1.67 bits per heavy atom. The lowest BCUT2D eigenvalue weighted by molar-refractivity contribution is -0.118. The van der Waals surface area contributed by atoms with Crippen molar-refractivity contribution < 1.29 is 4.79 Å². The van der Waals surface area contributed by atoms with Crippen LogP contribution < -0.4 is 0 Å². The zero-order valence-corrected chi connectivity index (χ0v) is 12.7. The van der Waals surface area contributed by atoms with Crippen LogP contribution in [-0.2, 0) is 11.2 Å². The minimum atomic E-state index is 0.172. The van der Waals surface area contributed by atoms with Gasteiger partial charge in [-0.05, 0) is 17.8 Å². The number of ketones is 1. The molecule has 0 aliphatic carbocycles. The molecule has 0 aromatic carbocycles. The van der Waals surface area contributed by atoms with Crippen molar-refractivity contribution in [3.8, 4) is 0 Å². The predicted molar refractivity (Wildman–Crippen MR) is 72.1 cm³/mol. The van der Waals surface area contributed by atoms with Crippen molar-refractivity contribution in [3.05, 3.63) is 5.82 Å². The smallest absolute Gasteiger partial charge is 0.175 e. The van der Waals surface area contributed by atoms with E-state index in [4.69, 9.17) is 0 Å². The molecule has 0 unspecified atom stereocenters. The first-order chi connectivity index (χ1) is 7.99. The van der Waals surface area contributed by atoms with Crippen molar-refractivity contribution in [1.29, 1.82) is 0 Å². The van der Waals surface area contributed by atoms with Crippen LogP contribution in [-0.4, -0.2) is 26.4 Å². The summed E-state index contributed by atoms with van der Waals surface area (Å²) >= 11 is 0. The molecular formula is C13H26N4O. The summed E-state index contributed by atoms with van der Waals surface area (Å²) in [6, 6.07) is 0. The normalized spacial score (nSPS) is 11.7. The molecule has 0 saturated carbocycles. The van der Waals surface area contributed by atoms with Gasteiger partial charge in [0.25, 0.3) is 0 Å². The first-order valence-corrected chi connectivity index (χ1v) is 6.21. The molecule has 0 radical (unpaired) electrons. The van der Waals surface area contributed by atoms with Crippen LogP contribution in [0.3, 0.4) is 0 Å². The van der Waals surface area contributed by atoms with Gasteiger partial charge in [0.2, 0.25) is 0 Å². The van der Waals surface area contributed by atoms with E-state index in [2.05, 4.69) is 62.2 Å². The van der Waals surface area contributed by atoms with E-state index >= 15 is 0 Å². The lowest BCUT2D eigenvalue weighted by Gasteiger charge is -2.14. The van der Waals surface area contributed by atoms with Crippen LogP contribution in [0.4, 0.5) is 0 Å². The highest BCUT2D eigenvalue weighted by molar-refractivity contribution is 5.76. The Morgan fingerprint density at radius 1 is 1.11 bits per heavy atom. The average Bonchev–Trinajstić information content (AvgIpc) is 2.48. The van der Waals surface area contributed by atoms with Crippen molar-refractivity contribution in [2.45, 2.75) is 61.3 Å². The third kappa shape index (κ3) is 11.2. The molecule has 1 N–H and O–H groups in total. The molecule has 0 atom stereocenters. The molecule has 104 valence electrons. The number of aromatic amines is 1. The fraction of sp³-hybridized carbons (Fsp3) is 0.846. The molecule has 0 aliphatic rings. The fourth-order valence-electron chi connectivity index (χ4n) is 1.48. The Hall–Kier alpha value is -1.26. The average molecular weight is 254 g/mol. The third-order valence-electron chi connectivity index (χ3n) is 1.86. The minimum Gasteiger partial charge on any atom is -0.300 e. The maximum absolute atomic E-state index is 10.5. The van der Waals surface area contributed by atoms with E-state index in [1.807, 2.05) is 0 Å². The summed E-state index contributed by atoms with van der Waals surface area (Å²) < 4.78 is 0. The standard InChI is InChI=1S/C7H14O.C6H12N4/c1-6(8)5-7(2,3)4;1-6(2,3)4-5-7-9-10-8-5/h5H2,1-4H3;4H2,1-3H3,(H,7,8,9,10). The van der Waals surface area contributed by atoms with Crippen LogP contribution in [0, 0.1) is 10.8 Å². The largest absolute Gasteiger partial charge is 0.300 e. The maximum Gasteiger partial charge on any atom is 0.175 e. The number of H-pyrrole nitrogens is 1. The highest BCUT2D eigenvalue weighted by Gasteiger charge is 2.13. The maximum atomic E-state index is 10.5. The van der Waals surface area contributed by atoms with Crippen molar-refractivity contribution in [3.63, 3.8) is 0 Å². The van der Waals surface area contributed by atoms with E-state index in [-0.39, 0.29) is 16.6 Å². The SMILES string of the molecule is CC(=O)CC(C)(C)C.CC(C)(C)Cc1nn[nH]n1. The van der Waals surface area contributed by atoms with E-state index < -0.39 is 0 Å². The van der Waals surface area contributed by atoms with Crippen LogP contribution in [0.15, 0.2) is 0 Å². The van der Waals surface area contributed by atoms with E-state index in [1.54, 1.807) is 6.92 Å². The molecule has 0 amide bonds. The number of Topliss-reactive ketones (excluding diaryl/α,β-unsaturated/α-hetero) is 1. The van der Waals surface area contributed by atoms with Crippen LogP contribution in [0.2, 0.25) is 0 Å². The van der Waals surface area contributed by atoms with Crippen LogP contribution in [0.5, 0.6) is 0 Å². The first kappa shape index (κ1) is 16.7.